The summed E-state index contributed by atoms with van der Waals surface area (Å²) >= 11 is 5.69. The average Bonchev–Trinajstić information content (AvgIpc) is 2.25. The van der Waals surface area contributed by atoms with Gasteiger partial charge >= 0.3 is 0 Å². The van der Waals surface area contributed by atoms with Crippen LogP contribution in [0.1, 0.15) is 6.42 Å². The van der Waals surface area contributed by atoms with Crippen LogP contribution in [0.15, 0.2) is 23.2 Å². The minimum absolute atomic E-state index is 0.00548. The highest BCUT2D eigenvalue weighted by molar-refractivity contribution is 7.89. The number of hydrogen-bond acceptors (Lipinski definition) is 4. The zero-order valence-electron chi connectivity index (χ0n) is 8.81. The SMILES string of the molecule is COCCCNS(=O)(=O)c1cccnc1Cl. The van der Waals surface area contributed by atoms with Gasteiger partial charge < -0.3 is 4.74 Å². The van der Waals surface area contributed by atoms with Crippen molar-refractivity contribution in [2.45, 2.75) is 11.3 Å². The summed E-state index contributed by atoms with van der Waals surface area (Å²) in [5.74, 6) is 0. The maximum Gasteiger partial charge on any atom is 0.243 e. The first kappa shape index (κ1) is 13.4. The normalized spacial score (nSPS) is 11.6. The third kappa shape index (κ3) is 3.71. The highest BCUT2D eigenvalue weighted by Crippen LogP contribution is 2.17. The molecule has 1 heterocycles. The van der Waals surface area contributed by atoms with Crippen LogP contribution >= 0.6 is 11.6 Å². The third-order valence-corrected chi connectivity index (χ3v) is 3.74. The third-order valence-electron chi connectivity index (χ3n) is 1.83. The van der Waals surface area contributed by atoms with Gasteiger partial charge in [-0.3, -0.25) is 0 Å². The molecule has 0 saturated heterocycles. The van der Waals surface area contributed by atoms with E-state index in [2.05, 4.69) is 9.71 Å². The molecule has 0 spiro atoms. The van der Waals surface area contributed by atoms with Gasteiger partial charge in [0.15, 0.2) is 0 Å². The van der Waals surface area contributed by atoms with E-state index in [0.29, 0.717) is 19.6 Å². The highest BCUT2D eigenvalue weighted by Gasteiger charge is 2.17. The summed E-state index contributed by atoms with van der Waals surface area (Å²) in [4.78, 5) is 3.71. The zero-order chi connectivity index (χ0) is 12.0. The van der Waals surface area contributed by atoms with Gasteiger partial charge in [0.05, 0.1) is 0 Å². The van der Waals surface area contributed by atoms with E-state index in [0.717, 1.165) is 0 Å². The van der Waals surface area contributed by atoms with E-state index in [1.165, 1.54) is 18.3 Å². The molecule has 0 aliphatic rings. The Balaban J connectivity index is 2.68. The number of ether oxygens (including phenoxy) is 1. The first-order chi connectivity index (χ1) is 7.58. The van der Waals surface area contributed by atoms with Crippen LogP contribution in [0.2, 0.25) is 5.15 Å². The number of methoxy groups -OCH3 is 1. The maximum atomic E-state index is 11.7. The number of hydrogen-bond donors (Lipinski definition) is 1. The molecule has 0 amide bonds. The molecule has 90 valence electrons. The second-order valence-electron chi connectivity index (χ2n) is 3.04. The number of rotatable bonds is 6. The molecule has 0 aliphatic carbocycles. The summed E-state index contributed by atoms with van der Waals surface area (Å²) in [6, 6.07) is 2.93. The number of pyridine rings is 1. The molecule has 16 heavy (non-hydrogen) atoms. The Morgan fingerprint density at radius 3 is 2.94 bits per heavy atom. The molecule has 0 aromatic carbocycles. The van der Waals surface area contributed by atoms with Gasteiger partial charge in [0.25, 0.3) is 0 Å². The molecule has 0 radical (unpaired) electrons. The lowest BCUT2D eigenvalue weighted by Crippen LogP contribution is -2.25. The summed E-state index contributed by atoms with van der Waals surface area (Å²) in [7, 11) is -2.01. The van der Waals surface area contributed by atoms with Crippen LogP contribution in [0.4, 0.5) is 0 Å². The largest absolute Gasteiger partial charge is 0.385 e. The van der Waals surface area contributed by atoms with Crippen molar-refractivity contribution in [3.63, 3.8) is 0 Å². The van der Waals surface area contributed by atoms with Crippen LogP contribution in [0.3, 0.4) is 0 Å². The molecule has 1 aromatic heterocycles. The monoisotopic (exact) mass is 264 g/mol. The predicted molar refractivity (Wildman–Crippen MR) is 60.9 cm³/mol. The molecular weight excluding hydrogens is 252 g/mol. The Morgan fingerprint density at radius 1 is 1.56 bits per heavy atom. The molecule has 0 bridgehead atoms. The molecule has 0 unspecified atom stereocenters. The van der Waals surface area contributed by atoms with Crippen molar-refractivity contribution in [2.24, 2.45) is 0 Å². The Morgan fingerprint density at radius 2 is 2.31 bits per heavy atom. The van der Waals surface area contributed by atoms with Crippen molar-refractivity contribution in [3.05, 3.63) is 23.5 Å². The van der Waals surface area contributed by atoms with Gasteiger partial charge in [-0.25, -0.2) is 18.1 Å². The van der Waals surface area contributed by atoms with E-state index in [4.69, 9.17) is 16.3 Å². The Kier molecular flexibility index (Phi) is 5.14. The minimum Gasteiger partial charge on any atom is -0.385 e. The fraction of sp³-hybridized carbons (Fsp3) is 0.444. The molecule has 0 aliphatic heterocycles. The van der Waals surface area contributed by atoms with Crippen molar-refractivity contribution < 1.29 is 13.2 Å². The van der Waals surface area contributed by atoms with Crippen molar-refractivity contribution in [1.82, 2.24) is 9.71 Å². The van der Waals surface area contributed by atoms with Crippen LogP contribution in [-0.4, -0.2) is 33.7 Å². The maximum absolute atomic E-state index is 11.7. The summed E-state index contributed by atoms with van der Waals surface area (Å²) in [6.45, 7) is 0.810. The van der Waals surface area contributed by atoms with E-state index in [1.807, 2.05) is 0 Å². The van der Waals surface area contributed by atoms with E-state index in [1.54, 1.807) is 7.11 Å². The number of aromatic nitrogens is 1. The Labute approximate surface area is 99.8 Å². The quantitative estimate of drug-likeness (QED) is 0.616. The van der Waals surface area contributed by atoms with Crippen LogP contribution in [-0.2, 0) is 14.8 Å². The van der Waals surface area contributed by atoms with E-state index in [9.17, 15) is 8.42 Å². The molecule has 0 atom stereocenters. The zero-order valence-corrected chi connectivity index (χ0v) is 10.4. The fourth-order valence-corrected chi connectivity index (χ4v) is 2.60. The average molecular weight is 265 g/mol. The van der Waals surface area contributed by atoms with Gasteiger partial charge in [0.1, 0.15) is 10.0 Å². The minimum atomic E-state index is -3.57. The van der Waals surface area contributed by atoms with E-state index >= 15 is 0 Å². The number of nitrogens with one attached hydrogen (secondary N) is 1. The Bertz CT molecular complexity index is 436. The second-order valence-corrected chi connectivity index (χ2v) is 5.13. The van der Waals surface area contributed by atoms with Crippen LogP contribution in [0.5, 0.6) is 0 Å². The highest BCUT2D eigenvalue weighted by atomic mass is 35.5. The van der Waals surface area contributed by atoms with Crippen LogP contribution in [0, 0.1) is 0 Å². The molecule has 1 N–H and O–H groups in total. The van der Waals surface area contributed by atoms with Gasteiger partial charge in [-0.05, 0) is 18.6 Å². The van der Waals surface area contributed by atoms with Gasteiger partial charge in [-0.15, -0.1) is 0 Å². The topological polar surface area (TPSA) is 68.3 Å². The number of nitrogens with zero attached hydrogens (tertiary/aromatic N) is 1. The van der Waals surface area contributed by atoms with E-state index in [-0.39, 0.29) is 10.0 Å². The smallest absolute Gasteiger partial charge is 0.243 e. The van der Waals surface area contributed by atoms with Gasteiger partial charge in [0, 0.05) is 26.5 Å². The molecule has 7 heteroatoms. The molecule has 0 fully saturated rings. The van der Waals surface area contributed by atoms with Crippen molar-refractivity contribution in [2.75, 3.05) is 20.3 Å². The van der Waals surface area contributed by atoms with Crippen molar-refractivity contribution in [3.8, 4) is 0 Å². The first-order valence-corrected chi connectivity index (χ1v) is 6.53. The Hall–Kier alpha value is -0.690. The summed E-state index contributed by atoms with van der Waals surface area (Å²) < 4.78 is 30.7. The standard InChI is InChI=1S/C9H13ClN2O3S/c1-15-7-3-6-12-16(13,14)8-4-2-5-11-9(8)10/h2,4-5,12H,3,6-7H2,1H3. The fourth-order valence-electron chi connectivity index (χ4n) is 1.07. The van der Waals surface area contributed by atoms with Crippen LogP contribution < -0.4 is 4.72 Å². The molecule has 1 aromatic rings. The predicted octanol–water partition coefficient (Wildman–Crippen LogP) is 1.05. The second kappa shape index (κ2) is 6.15. The van der Waals surface area contributed by atoms with Crippen molar-refractivity contribution in [1.29, 1.82) is 0 Å². The van der Waals surface area contributed by atoms with Crippen LogP contribution in [0.25, 0.3) is 0 Å². The summed E-state index contributed by atoms with van der Waals surface area (Å²) in [5.41, 5.74) is 0. The molecular formula is C9H13ClN2O3S. The molecule has 1 rings (SSSR count). The number of halogens is 1. The lowest BCUT2D eigenvalue weighted by Gasteiger charge is -2.06. The molecule has 5 nitrogen and oxygen atoms in total. The van der Waals surface area contributed by atoms with Gasteiger partial charge in [-0.2, -0.15) is 0 Å². The number of sulfonamides is 1. The molecule has 0 saturated carbocycles. The van der Waals surface area contributed by atoms with E-state index < -0.39 is 10.0 Å². The lowest BCUT2D eigenvalue weighted by atomic mass is 10.5. The first-order valence-electron chi connectivity index (χ1n) is 4.67. The van der Waals surface area contributed by atoms with Gasteiger partial charge in [0.2, 0.25) is 10.0 Å². The summed E-state index contributed by atoms with van der Waals surface area (Å²) in [6.07, 6.45) is 2.04. The summed E-state index contributed by atoms with van der Waals surface area (Å²) in [5, 5.41) is -0.0262. The van der Waals surface area contributed by atoms with Gasteiger partial charge in [-0.1, -0.05) is 11.6 Å². The lowest BCUT2D eigenvalue weighted by molar-refractivity contribution is 0.196. The van der Waals surface area contributed by atoms with Crippen molar-refractivity contribution >= 4 is 21.6 Å².